The largest absolute Gasteiger partial charge is 0.432 e. The van der Waals surface area contributed by atoms with Crippen molar-refractivity contribution in [1.82, 2.24) is 0 Å². The maximum atomic E-state index is 15.2. The van der Waals surface area contributed by atoms with Gasteiger partial charge in [0.15, 0.2) is 11.6 Å². The van der Waals surface area contributed by atoms with Crippen LogP contribution >= 0.6 is 0 Å². The number of hydrogen-bond acceptors (Lipinski definition) is 4. The Morgan fingerprint density at radius 2 is 1.81 bits per heavy atom. The van der Waals surface area contributed by atoms with Gasteiger partial charge < -0.3 is 18.9 Å². The van der Waals surface area contributed by atoms with Crippen molar-refractivity contribution in [3.8, 4) is 11.5 Å². The summed E-state index contributed by atoms with van der Waals surface area (Å²) >= 11 is 0. The standard InChI is InChI=1S/C32H33F7O4/c1-40-15-3-4-21-9-13-29(41-19-21)23-6-2-5-22(26(33)17-23)10-7-20-8-12-25(27(34)16-20)32(38,39)43-24-11-14-30(28(35)18-24)42-31(36)37/h2,5-6,8,11-12,14,16-18,21-22,29,31H,3-4,7,9-10,13,15,19H2,1H3. The Bertz CT molecular complexity index is 1320. The smallest absolute Gasteiger partial charge is 0.429 e. The molecule has 0 N–H and O–H groups in total. The zero-order chi connectivity index (χ0) is 31.0. The summed E-state index contributed by atoms with van der Waals surface area (Å²) in [4.78, 5) is 0. The lowest BCUT2D eigenvalue weighted by Crippen LogP contribution is -2.27. The molecule has 2 aromatic carbocycles. The van der Waals surface area contributed by atoms with E-state index in [0.717, 1.165) is 49.5 Å². The van der Waals surface area contributed by atoms with Gasteiger partial charge in [-0.15, -0.1) is 0 Å². The Balaban J connectivity index is 1.32. The number of aryl methyl sites for hydroxylation is 1. The highest BCUT2D eigenvalue weighted by atomic mass is 19.3. The van der Waals surface area contributed by atoms with Crippen LogP contribution in [0.15, 0.2) is 72.1 Å². The third-order valence-electron chi connectivity index (χ3n) is 7.45. The van der Waals surface area contributed by atoms with Crippen LogP contribution in [0.5, 0.6) is 11.5 Å². The molecule has 11 heteroatoms. The second-order valence-electron chi connectivity index (χ2n) is 10.5. The first-order chi connectivity index (χ1) is 20.6. The number of halogens is 7. The van der Waals surface area contributed by atoms with E-state index in [-0.39, 0.29) is 24.8 Å². The molecule has 2 aromatic rings. The molecule has 2 aliphatic rings. The Morgan fingerprint density at radius 3 is 2.49 bits per heavy atom. The summed E-state index contributed by atoms with van der Waals surface area (Å²) in [6.07, 6.45) is 6.64. The molecule has 1 saturated heterocycles. The molecule has 3 unspecified atom stereocenters. The molecule has 3 atom stereocenters. The maximum Gasteiger partial charge on any atom is 0.429 e. The minimum Gasteiger partial charge on any atom is -0.432 e. The number of ether oxygens (including phenoxy) is 4. The Kier molecular flexibility index (Phi) is 11.3. The van der Waals surface area contributed by atoms with Crippen LogP contribution in [-0.2, 0) is 22.0 Å². The first kappa shape index (κ1) is 32.6. The third-order valence-corrected chi connectivity index (χ3v) is 7.45. The molecular weight excluding hydrogens is 581 g/mol. The molecule has 1 fully saturated rings. The highest BCUT2D eigenvalue weighted by Gasteiger charge is 2.38. The van der Waals surface area contributed by atoms with E-state index in [0.29, 0.717) is 36.8 Å². The van der Waals surface area contributed by atoms with Crippen LogP contribution in [0.25, 0.3) is 0 Å². The number of alkyl halides is 4. The number of benzene rings is 2. The first-order valence-electron chi connectivity index (χ1n) is 14.0. The lowest BCUT2D eigenvalue weighted by atomic mass is 9.91. The minimum absolute atomic E-state index is 0.196. The van der Waals surface area contributed by atoms with Crippen LogP contribution in [0.2, 0.25) is 0 Å². The van der Waals surface area contributed by atoms with Crippen LogP contribution in [-0.4, -0.2) is 33.0 Å². The fourth-order valence-corrected chi connectivity index (χ4v) is 5.17. The van der Waals surface area contributed by atoms with Gasteiger partial charge in [-0.05, 0) is 85.9 Å². The van der Waals surface area contributed by atoms with Crippen molar-refractivity contribution in [2.75, 3.05) is 20.3 Å². The molecule has 1 aliphatic heterocycles. The molecule has 0 bridgehead atoms. The van der Waals surface area contributed by atoms with Gasteiger partial charge >= 0.3 is 12.7 Å². The summed E-state index contributed by atoms with van der Waals surface area (Å²) in [5, 5.41) is 0. The topological polar surface area (TPSA) is 36.9 Å². The fourth-order valence-electron chi connectivity index (χ4n) is 5.17. The summed E-state index contributed by atoms with van der Waals surface area (Å²) in [7, 11) is 1.68. The summed E-state index contributed by atoms with van der Waals surface area (Å²) in [5.41, 5.74) is 0.0119. The lowest BCUT2D eigenvalue weighted by molar-refractivity contribution is -0.187. The van der Waals surface area contributed by atoms with E-state index in [1.807, 2.05) is 6.08 Å². The average molecular weight is 615 g/mol. The quantitative estimate of drug-likeness (QED) is 0.167. The van der Waals surface area contributed by atoms with Gasteiger partial charge in [-0.3, -0.25) is 0 Å². The monoisotopic (exact) mass is 614 g/mol. The Hall–Kier alpha value is -3.31. The van der Waals surface area contributed by atoms with Crippen molar-refractivity contribution < 1.29 is 49.7 Å². The van der Waals surface area contributed by atoms with Gasteiger partial charge in [-0.2, -0.15) is 17.6 Å². The summed E-state index contributed by atoms with van der Waals surface area (Å²) in [6, 6.07) is 4.96. The lowest BCUT2D eigenvalue weighted by Gasteiger charge is -2.30. The number of methoxy groups -OCH3 is 1. The van der Waals surface area contributed by atoms with Crippen molar-refractivity contribution in [3.05, 3.63) is 94.9 Å². The van der Waals surface area contributed by atoms with Crippen molar-refractivity contribution in [2.45, 2.75) is 57.3 Å². The predicted molar refractivity (Wildman–Crippen MR) is 146 cm³/mol. The van der Waals surface area contributed by atoms with E-state index in [1.165, 1.54) is 12.1 Å². The molecule has 0 aromatic heterocycles. The van der Waals surface area contributed by atoms with E-state index < -0.39 is 47.3 Å². The van der Waals surface area contributed by atoms with Gasteiger partial charge in [0.1, 0.15) is 17.4 Å². The van der Waals surface area contributed by atoms with Gasteiger partial charge in [0.05, 0.1) is 18.3 Å². The van der Waals surface area contributed by atoms with Gasteiger partial charge in [0.2, 0.25) is 0 Å². The van der Waals surface area contributed by atoms with Gasteiger partial charge in [-0.1, -0.05) is 24.3 Å². The predicted octanol–water partition coefficient (Wildman–Crippen LogP) is 8.81. The SMILES string of the molecule is COCCCC1CCC(C2=CC=CC(CCc3ccc(C(F)(F)Oc4ccc(OC(F)F)c(F)c4)c(F)c3)C(F)=C2)OC1. The molecule has 0 radical (unpaired) electrons. The molecule has 1 aliphatic carbocycles. The van der Waals surface area contributed by atoms with Crippen molar-refractivity contribution >= 4 is 0 Å². The Labute approximate surface area is 245 Å². The van der Waals surface area contributed by atoms with Crippen LogP contribution in [0, 0.1) is 23.5 Å². The fraction of sp³-hybridized carbons (Fsp3) is 0.438. The molecule has 4 rings (SSSR count). The van der Waals surface area contributed by atoms with Gasteiger partial charge in [0, 0.05) is 25.7 Å². The summed E-state index contributed by atoms with van der Waals surface area (Å²) < 4.78 is 117. The third kappa shape index (κ3) is 9.09. The van der Waals surface area contributed by atoms with Crippen molar-refractivity contribution in [3.63, 3.8) is 0 Å². The van der Waals surface area contributed by atoms with Crippen molar-refractivity contribution in [2.24, 2.45) is 11.8 Å². The number of allylic oxidation sites excluding steroid dienone is 4. The molecule has 0 amide bonds. The second kappa shape index (κ2) is 14.9. The first-order valence-corrected chi connectivity index (χ1v) is 14.0. The molecule has 1 heterocycles. The van der Waals surface area contributed by atoms with Gasteiger partial charge in [-0.25, -0.2) is 13.2 Å². The Morgan fingerprint density at radius 1 is 1.00 bits per heavy atom. The van der Waals surface area contributed by atoms with Gasteiger partial charge in [0.25, 0.3) is 0 Å². The van der Waals surface area contributed by atoms with Crippen LogP contribution in [0.4, 0.5) is 30.7 Å². The van der Waals surface area contributed by atoms with E-state index in [9.17, 15) is 26.3 Å². The van der Waals surface area contributed by atoms with Crippen LogP contribution in [0.3, 0.4) is 0 Å². The second-order valence-corrected chi connectivity index (χ2v) is 10.5. The van der Waals surface area contributed by atoms with E-state index in [2.05, 4.69) is 9.47 Å². The molecular formula is C32H33F7O4. The van der Waals surface area contributed by atoms with E-state index in [1.54, 1.807) is 19.3 Å². The summed E-state index contributed by atoms with van der Waals surface area (Å²) in [6.45, 7) is -1.98. The summed E-state index contributed by atoms with van der Waals surface area (Å²) in [5.74, 6) is -4.69. The molecule has 0 spiro atoms. The highest BCUT2D eigenvalue weighted by Crippen LogP contribution is 2.36. The minimum atomic E-state index is -4.20. The molecule has 4 nitrogen and oxygen atoms in total. The number of hydrogen-bond donors (Lipinski definition) is 0. The maximum absolute atomic E-state index is 15.2. The van der Waals surface area contributed by atoms with Crippen molar-refractivity contribution in [1.29, 1.82) is 0 Å². The molecule has 43 heavy (non-hydrogen) atoms. The zero-order valence-corrected chi connectivity index (χ0v) is 23.5. The average Bonchev–Trinajstić information content (AvgIpc) is 3.14. The van der Waals surface area contributed by atoms with E-state index in [4.69, 9.17) is 9.47 Å². The number of rotatable bonds is 13. The zero-order valence-electron chi connectivity index (χ0n) is 23.5. The highest BCUT2D eigenvalue weighted by molar-refractivity contribution is 5.36. The van der Waals surface area contributed by atoms with Crippen LogP contribution < -0.4 is 9.47 Å². The molecule has 0 saturated carbocycles. The normalized spacial score (nSPS) is 20.9. The van der Waals surface area contributed by atoms with Crippen LogP contribution in [0.1, 0.15) is 43.2 Å². The molecule has 234 valence electrons. The van der Waals surface area contributed by atoms with E-state index >= 15 is 4.39 Å².